The van der Waals surface area contributed by atoms with E-state index >= 15 is 0 Å². The molecular formula is C13H14O4. The predicted octanol–water partition coefficient (Wildman–Crippen LogP) is 2.48. The lowest BCUT2D eigenvalue weighted by Crippen LogP contribution is -2.06. The maximum atomic E-state index is 10.0. The summed E-state index contributed by atoms with van der Waals surface area (Å²) in [6, 6.07) is 10.0. The summed E-state index contributed by atoms with van der Waals surface area (Å²) >= 11 is 0. The molecule has 0 spiro atoms. The molecule has 4 heteroatoms. The average molecular weight is 234 g/mol. The largest absolute Gasteiger partial charge is 0.475 e. The van der Waals surface area contributed by atoms with Gasteiger partial charge in [0.25, 0.3) is 0 Å². The summed E-state index contributed by atoms with van der Waals surface area (Å²) in [5.41, 5.74) is 1.17. The molecule has 0 saturated heterocycles. The highest BCUT2D eigenvalue weighted by Gasteiger charge is 2.05. The van der Waals surface area contributed by atoms with E-state index in [4.69, 9.17) is 5.11 Å². The lowest BCUT2D eigenvalue weighted by molar-refractivity contribution is -0.146. The van der Waals surface area contributed by atoms with Crippen LogP contribution < -0.4 is 0 Å². The topological polar surface area (TPSA) is 63.6 Å². The molecule has 0 amide bonds. The first-order valence-electron chi connectivity index (χ1n) is 4.75. The quantitative estimate of drug-likeness (QED) is 0.495. The maximum Gasteiger partial charge on any atom is 0.371 e. The van der Waals surface area contributed by atoms with Crippen molar-refractivity contribution in [2.75, 3.05) is 0 Å². The van der Waals surface area contributed by atoms with Gasteiger partial charge in [0.2, 0.25) is 5.76 Å². The minimum Gasteiger partial charge on any atom is -0.475 e. The number of hydrogen-bond acceptors (Lipinski definition) is 3. The van der Waals surface area contributed by atoms with Crippen molar-refractivity contribution in [1.29, 1.82) is 0 Å². The number of carbonyl (C=O) groups excluding carboxylic acids is 1. The molecule has 0 heterocycles. The summed E-state index contributed by atoms with van der Waals surface area (Å²) in [6.07, 6.45) is 1.83. The van der Waals surface area contributed by atoms with Crippen molar-refractivity contribution in [3.63, 3.8) is 0 Å². The second-order valence-corrected chi connectivity index (χ2v) is 2.94. The Morgan fingerprint density at radius 3 is 2.06 bits per heavy atom. The molecule has 90 valence electrons. The first-order chi connectivity index (χ1) is 7.97. The van der Waals surface area contributed by atoms with Gasteiger partial charge in [0.15, 0.2) is 0 Å². The van der Waals surface area contributed by atoms with Crippen LogP contribution in [0.1, 0.15) is 12.5 Å². The molecule has 0 aliphatic rings. The summed E-state index contributed by atoms with van der Waals surface area (Å²) in [5.74, 6) is -2.56. The number of benzene rings is 1. The van der Waals surface area contributed by atoms with Gasteiger partial charge in [0.1, 0.15) is 0 Å². The van der Waals surface area contributed by atoms with Gasteiger partial charge in [-0.3, -0.25) is 4.79 Å². The molecule has 0 unspecified atom stereocenters. The minimum absolute atomic E-state index is 0.553. The highest BCUT2D eigenvalue weighted by atomic mass is 16.6. The number of rotatable bonds is 3. The summed E-state index contributed by atoms with van der Waals surface area (Å²) in [6.45, 7) is 7.69. The van der Waals surface area contributed by atoms with Gasteiger partial charge < -0.3 is 9.84 Å². The van der Waals surface area contributed by atoms with Gasteiger partial charge in [-0.05, 0) is 12.1 Å². The number of aliphatic carboxylic acids is 1. The zero-order chi connectivity index (χ0) is 13.3. The smallest absolute Gasteiger partial charge is 0.371 e. The third-order valence-electron chi connectivity index (χ3n) is 1.54. The van der Waals surface area contributed by atoms with Gasteiger partial charge in [-0.1, -0.05) is 43.0 Å². The molecule has 1 aromatic rings. The van der Waals surface area contributed by atoms with Crippen LogP contribution in [0.4, 0.5) is 0 Å². The highest BCUT2D eigenvalue weighted by Crippen LogP contribution is 1.97. The van der Waals surface area contributed by atoms with Crippen LogP contribution >= 0.6 is 0 Å². The van der Waals surface area contributed by atoms with Crippen LogP contribution in [0.25, 0.3) is 6.08 Å². The molecule has 1 rings (SSSR count). The monoisotopic (exact) mass is 234 g/mol. The molecule has 0 aromatic heterocycles. The first kappa shape index (κ1) is 14.6. The van der Waals surface area contributed by atoms with E-state index in [0.29, 0.717) is 0 Å². The van der Waals surface area contributed by atoms with Gasteiger partial charge in [-0.15, -0.1) is 0 Å². The van der Waals surface area contributed by atoms with Gasteiger partial charge in [-0.25, -0.2) is 4.79 Å². The van der Waals surface area contributed by atoms with E-state index in [-0.39, 0.29) is 0 Å². The van der Waals surface area contributed by atoms with Crippen LogP contribution in [0.3, 0.4) is 0 Å². The molecule has 4 nitrogen and oxygen atoms in total. The summed E-state index contributed by atoms with van der Waals surface area (Å²) < 4.78 is 4.08. The Balaban J connectivity index is 0.000000302. The first-order valence-corrected chi connectivity index (χ1v) is 4.75. The maximum absolute atomic E-state index is 10.0. The molecule has 17 heavy (non-hydrogen) atoms. The molecule has 0 saturated carbocycles. The van der Waals surface area contributed by atoms with Gasteiger partial charge in [0, 0.05) is 6.92 Å². The van der Waals surface area contributed by atoms with Crippen molar-refractivity contribution >= 4 is 18.0 Å². The Bertz CT molecular complexity index is 407. The number of esters is 1. The van der Waals surface area contributed by atoms with Gasteiger partial charge in [0.05, 0.1) is 0 Å². The lowest BCUT2D eigenvalue weighted by Gasteiger charge is -1.96. The third-order valence-corrected chi connectivity index (χ3v) is 1.54. The van der Waals surface area contributed by atoms with Crippen LogP contribution in [0.2, 0.25) is 0 Å². The molecular weight excluding hydrogens is 220 g/mol. The van der Waals surface area contributed by atoms with E-state index in [1.54, 1.807) is 0 Å². The van der Waals surface area contributed by atoms with Gasteiger partial charge >= 0.3 is 11.9 Å². The number of carboxylic acids is 1. The van der Waals surface area contributed by atoms with Crippen LogP contribution in [-0.2, 0) is 14.3 Å². The summed E-state index contributed by atoms with van der Waals surface area (Å²) in [4.78, 5) is 19.9. The van der Waals surface area contributed by atoms with Crippen LogP contribution in [0, 0.1) is 0 Å². The van der Waals surface area contributed by atoms with E-state index in [2.05, 4.69) is 17.9 Å². The van der Waals surface area contributed by atoms with Crippen molar-refractivity contribution in [3.05, 3.63) is 54.8 Å². The van der Waals surface area contributed by atoms with Crippen LogP contribution in [0.15, 0.2) is 49.2 Å². The fraction of sp³-hybridized carbons (Fsp3) is 0.0769. The summed E-state index contributed by atoms with van der Waals surface area (Å²) in [7, 11) is 0. The SMILES string of the molecule is C=C(OC(C)=O)C(=O)O.C=Cc1ccccc1. The number of carbonyl (C=O) groups is 2. The van der Waals surface area contributed by atoms with E-state index in [1.807, 2.05) is 36.4 Å². The zero-order valence-corrected chi connectivity index (χ0v) is 9.55. The van der Waals surface area contributed by atoms with Crippen molar-refractivity contribution in [1.82, 2.24) is 0 Å². The average Bonchev–Trinajstić information content (AvgIpc) is 2.30. The van der Waals surface area contributed by atoms with Crippen LogP contribution in [-0.4, -0.2) is 17.0 Å². The summed E-state index contributed by atoms with van der Waals surface area (Å²) in [5, 5.41) is 8.05. The Morgan fingerprint density at radius 2 is 1.82 bits per heavy atom. The van der Waals surface area contributed by atoms with Crippen molar-refractivity contribution in [2.45, 2.75) is 6.92 Å². The molecule has 0 bridgehead atoms. The number of carboxylic acid groups (broad SMARTS) is 1. The third kappa shape index (κ3) is 7.56. The van der Waals surface area contributed by atoms with Crippen molar-refractivity contribution < 1.29 is 19.4 Å². The van der Waals surface area contributed by atoms with Crippen LogP contribution in [0.5, 0.6) is 0 Å². The molecule has 0 atom stereocenters. The molecule has 0 radical (unpaired) electrons. The molecule has 0 aliphatic carbocycles. The molecule has 1 aromatic carbocycles. The van der Waals surface area contributed by atoms with E-state index in [1.165, 1.54) is 5.56 Å². The molecule has 1 N–H and O–H groups in total. The highest BCUT2D eigenvalue weighted by molar-refractivity contribution is 5.86. The Hall–Kier alpha value is -2.36. The fourth-order valence-electron chi connectivity index (χ4n) is 0.806. The van der Waals surface area contributed by atoms with E-state index < -0.39 is 17.7 Å². The van der Waals surface area contributed by atoms with Crippen molar-refractivity contribution in [2.24, 2.45) is 0 Å². The van der Waals surface area contributed by atoms with Crippen molar-refractivity contribution in [3.8, 4) is 0 Å². The second kappa shape index (κ2) is 7.87. The Morgan fingerprint density at radius 1 is 1.29 bits per heavy atom. The molecule has 0 fully saturated rings. The standard InChI is InChI=1S/C8H8.C5H6O4/c1-2-8-6-4-3-5-7-8;1-3(5(7)8)9-4(2)6/h2-7H,1H2;1H2,2H3,(H,7,8). The Labute approximate surface area is 99.8 Å². The minimum atomic E-state index is -1.33. The van der Waals surface area contributed by atoms with E-state index in [0.717, 1.165) is 6.92 Å². The Kier molecular flexibility index (Phi) is 6.78. The predicted molar refractivity (Wildman–Crippen MR) is 65.1 cm³/mol. The zero-order valence-electron chi connectivity index (χ0n) is 9.55. The fourth-order valence-corrected chi connectivity index (χ4v) is 0.806. The number of hydrogen-bond donors (Lipinski definition) is 1. The molecule has 0 aliphatic heterocycles. The number of ether oxygens (including phenoxy) is 1. The normalized spacial score (nSPS) is 8.29. The lowest BCUT2D eigenvalue weighted by atomic mass is 10.2. The van der Waals surface area contributed by atoms with E-state index in [9.17, 15) is 9.59 Å². The second-order valence-electron chi connectivity index (χ2n) is 2.94. The van der Waals surface area contributed by atoms with Gasteiger partial charge in [-0.2, -0.15) is 0 Å².